The van der Waals surface area contributed by atoms with Gasteiger partial charge in [0.25, 0.3) is 0 Å². The molecule has 1 unspecified atom stereocenters. The second-order valence-electron chi connectivity index (χ2n) is 8.05. The number of carbonyl (C=O) groups is 2. The SMILES string of the molecule is CC(=O)C(CC=O)C1(O[Si](C)(C)C(C)(C)C)CCCCC1. The van der Waals surface area contributed by atoms with Crippen LogP contribution in [0.5, 0.6) is 0 Å². The molecule has 0 bridgehead atoms. The van der Waals surface area contributed by atoms with E-state index >= 15 is 0 Å². The average molecular weight is 313 g/mol. The van der Waals surface area contributed by atoms with Crippen LogP contribution in [0.25, 0.3) is 0 Å². The summed E-state index contributed by atoms with van der Waals surface area (Å²) < 4.78 is 6.77. The molecule has 1 rings (SSSR count). The predicted octanol–water partition coefficient (Wildman–Crippen LogP) is 4.51. The summed E-state index contributed by atoms with van der Waals surface area (Å²) in [4.78, 5) is 23.2. The van der Waals surface area contributed by atoms with Gasteiger partial charge in [-0.15, -0.1) is 0 Å². The van der Waals surface area contributed by atoms with E-state index in [0.29, 0.717) is 6.42 Å². The molecule has 0 N–H and O–H groups in total. The van der Waals surface area contributed by atoms with Crippen LogP contribution in [0.15, 0.2) is 0 Å². The van der Waals surface area contributed by atoms with Gasteiger partial charge in [0, 0.05) is 6.42 Å². The molecule has 1 aliphatic carbocycles. The van der Waals surface area contributed by atoms with Crippen LogP contribution in [0.4, 0.5) is 0 Å². The molecule has 4 heteroatoms. The molecule has 0 spiro atoms. The quantitative estimate of drug-likeness (QED) is 0.535. The van der Waals surface area contributed by atoms with Crippen LogP contribution in [-0.2, 0) is 14.0 Å². The highest BCUT2D eigenvalue weighted by atomic mass is 28.4. The Morgan fingerprint density at radius 2 is 1.76 bits per heavy atom. The maximum Gasteiger partial charge on any atom is 0.192 e. The number of Topliss-reactive ketones (excluding diaryl/α,β-unsaturated/α-hetero) is 1. The van der Waals surface area contributed by atoms with Crippen molar-refractivity contribution in [2.45, 2.75) is 90.0 Å². The molecule has 0 radical (unpaired) electrons. The standard InChI is InChI=1S/C17H32O3Si/c1-14(19)15(10-13-18)17(11-8-7-9-12-17)20-21(5,6)16(2,3)4/h13,15H,7-12H2,1-6H3. The molecule has 122 valence electrons. The lowest BCUT2D eigenvalue weighted by molar-refractivity contribution is -0.134. The van der Waals surface area contributed by atoms with Crippen molar-refractivity contribution in [1.82, 2.24) is 0 Å². The van der Waals surface area contributed by atoms with Gasteiger partial charge in [0.15, 0.2) is 8.32 Å². The van der Waals surface area contributed by atoms with Crippen LogP contribution in [0.3, 0.4) is 0 Å². The first-order chi connectivity index (χ1) is 9.56. The second kappa shape index (κ2) is 6.74. The lowest BCUT2D eigenvalue weighted by atomic mass is 9.73. The fourth-order valence-corrected chi connectivity index (χ4v) is 4.85. The number of hydrogen-bond donors (Lipinski definition) is 0. The van der Waals surface area contributed by atoms with E-state index < -0.39 is 13.9 Å². The lowest BCUT2D eigenvalue weighted by Crippen LogP contribution is -2.55. The minimum Gasteiger partial charge on any atom is -0.411 e. The number of aldehydes is 1. The molecule has 0 aliphatic heterocycles. The molecule has 0 aromatic carbocycles. The van der Waals surface area contributed by atoms with Crippen molar-refractivity contribution in [3.8, 4) is 0 Å². The van der Waals surface area contributed by atoms with Crippen LogP contribution in [0.2, 0.25) is 18.1 Å². The van der Waals surface area contributed by atoms with E-state index in [9.17, 15) is 9.59 Å². The summed E-state index contributed by atoms with van der Waals surface area (Å²) in [5, 5.41) is 0.111. The van der Waals surface area contributed by atoms with Crippen molar-refractivity contribution in [1.29, 1.82) is 0 Å². The molecule has 0 saturated heterocycles. The van der Waals surface area contributed by atoms with Crippen molar-refractivity contribution in [2.24, 2.45) is 5.92 Å². The van der Waals surface area contributed by atoms with E-state index in [1.807, 2.05) is 0 Å². The summed E-state index contributed by atoms with van der Waals surface area (Å²) in [5.74, 6) is -0.174. The van der Waals surface area contributed by atoms with Crippen molar-refractivity contribution in [3.63, 3.8) is 0 Å². The summed E-state index contributed by atoms with van der Waals surface area (Å²) in [6.07, 6.45) is 6.40. The fraction of sp³-hybridized carbons (Fsp3) is 0.882. The molecule has 0 amide bonds. The van der Waals surface area contributed by atoms with E-state index in [1.54, 1.807) is 6.92 Å². The van der Waals surface area contributed by atoms with Gasteiger partial charge < -0.3 is 9.22 Å². The van der Waals surface area contributed by atoms with Gasteiger partial charge in [-0.1, -0.05) is 40.0 Å². The van der Waals surface area contributed by atoms with Crippen molar-refractivity contribution >= 4 is 20.4 Å². The molecule has 0 aromatic rings. The van der Waals surface area contributed by atoms with E-state index in [-0.39, 0.29) is 16.7 Å². The summed E-state index contributed by atoms with van der Waals surface area (Å²) >= 11 is 0. The van der Waals surface area contributed by atoms with Gasteiger partial charge in [-0.2, -0.15) is 0 Å². The first kappa shape index (κ1) is 18.6. The second-order valence-corrected chi connectivity index (χ2v) is 12.8. The normalized spacial score (nSPS) is 20.9. The van der Waals surface area contributed by atoms with Crippen LogP contribution >= 0.6 is 0 Å². The fourth-order valence-electron chi connectivity index (χ4n) is 3.18. The van der Waals surface area contributed by atoms with E-state index in [4.69, 9.17) is 4.43 Å². The molecular weight excluding hydrogens is 280 g/mol. The molecule has 0 aromatic heterocycles. The average Bonchev–Trinajstić information content (AvgIpc) is 2.34. The number of ketones is 1. The molecule has 21 heavy (non-hydrogen) atoms. The molecule has 1 atom stereocenters. The molecule has 0 heterocycles. The highest BCUT2D eigenvalue weighted by Gasteiger charge is 2.49. The summed E-state index contributed by atoms with van der Waals surface area (Å²) in [7, 11) is -1.97. The Morgan fingerprint density at radius 1 is 1.24 bits per heavy atom. The number of hydrogen-bond acceptors (Lipinski definition) is 3. The first-order valence-electron chi connectivity index (χ1n) is 8.20. The molecule has 1 aliphatic rings. The molecular formula is C17H32O3Si. The Kier molecular flexibility index (Phi) is 5.96. The van der Waals surface area contributed by atoms with Crippen molar-refractivity contribution < 1.29 is 14.0 Å². The number of rotatable bonds is 6. The van der Waals surface area contributed by atoms with E-state index in [2.05, 4.69) is 33.9 Å². The van der Waals surface area contributed by atoms with Gasteiger partial charge in [0.05, 0.1) is 11.5 Å². The van der Waals surface area contributed by atoms with Crippen LogP contribution in [-0.4, -0.2) is 26.0 Å². The maximum atomic E-state index is 12.2. The molecule has 1 fully saturated rings. The van der Waals surface area contributed by atoms with Crippen LogP contribution in [0, 0.1) is 5.92 Å². The minimum atomic E-state index is -1.97. The zero-order valence-corrected chi connectivity index (χ0v) is 15.6. The third-order valence-electron chi connectivity index (χ3n) is 5.42. The van der Waals surface area contributed by atoms with Gasteiger partial charge >= 0.3 is 0 Å². The molecule has 1 saturated carbocycles. The lowest BCUT2D eigenvalue weighted by Gasteiger charge is -2.50. The van der Waals surface area contributed by atoms with E-state index in [1.165, 1.54) is 6.42 Å². The molecule has 3 nitrogen and oxygen atoms in total. The largest absolute Gasteiger partial charge is 0.411 e. The van der Waals surface area contributed by atoms with Gasteiger partial charge in [0.1, 0.15) is 12.1 Å². The highest BCUT2D eigenvalue weighted by Crippen LogP contribution is 2.46. The van der Waals surface area contributed by atoms with Gasteiger partial charge in [-0.25, -0.2) is 0 Å². The monoisotopic (exact) mass is 312 g/mol. The van der Waals surface area contributed by atoms with Crippen LogP contribution < -0.4 is 0 Å². The topological polar surface area (TPSA) is 43.4 Å². The summed E-state index contributed by atoms with van der Waals surface area (Å²) in [6.45, 7) is 12.7. The van der Waals surface area contributed by atoms with Gasteiger partial charge in [-0.05, 0) is 37.9 Å². The Labute approximate surface area is 131 Å². The summed E-state index contributed by atoms with van der Waals surface area (Å²) in [6, 6.07) is 0. The Morgan fingerprint density at radius 3 is 2.14 bits per heavy atom. The van der Waals surface area contributed by atoms with E-state index in [0.717, 1.165) is 32.0 Å². The van der Waals surface area contributed by atoms with Gasteiger partial charge in [-0.3, -0.25) is 4.79 Å². The van der Waals surface area contributed by atoms with Crippen LogP contribution in [0.1, 0.15) is 66.2 Å². The zero-order valence-electron chi connectivity index (χ0n) is 14.6. The zero-order chi connectivity index (χ0) is 16.3. The Bertz CT molecular complexity index is 376. The van der Waals surface area contributed by atoms with Crippen molar-refractivity contribution in [2.75, 3.05) is 0 Å². The third-order valence-corrected chi connectivity index (χ3v) is 9.95. The Hall–Kier alpha value is -0.483. The maximum absolute atomic E-state index is 12.2. The van der Waals surface area contributed by atoms with Crippen molar-refractivity contribution in [3.05, 3.63) is 0 Å². The third kappa shape index (κ3) is 4.25. The van der Waals surface area contributed by atoms with Gasteiger partial charge in [0.2, 0.25) is 0 Å². The first-order valence-corrected chi connectivity index (χ1v) is 11.1. The Balaban J connectivity index is 3.14. The minimum absolute atomic E-state index is 0.0997. The number of carbonyl (C=O) groups excluding carboxylic acids is 2. The summed E-state index contributed by atoms with van der Waals surface area (Å²) in [5.41, 5.74) is -0.409. The highest BCUT2D eigenvalue weighted by molar-refractivity contribution is 6.74. The predicted molar refractivity (Wildman–Crippen MR) is 89.0 cm³/mol. The smallest absolute Gasteiger partial charge is 0.192 e.